The number of esters is 1. The molecule has 4 nitrogen and oxygen atoms in total. The molecule has 0 saturated carbocycles. The van der Waals surface area contributed by atoms with E-state index in [0.29, 0.717) is 6.61 Å². The van der Waals surface area contributed by atoms with Crippen molar-refractivity contribution in [3.8, 4) is 5.75 Å². The number of carbonyl (C=O) groups excluding carboxylic acids is 1. The second-order valence-corrected chi connectivity index (χ2v) is 4.75. The van der Waals surface area contributed by atoms with Crippen molar-refractivity contribution in [1.29, 1.82) is 0 Å². The SMILES string of the molecule is CCCC(NC(C)c1ccc(OC)cc1)C(=O)OCC. The van der Waals surface area contributed by atoms with Gasteiger partial charge < -0.3 is 9.47 Å². The molecule has 0 amide bonds. The summed E-state index contributed by atoms with van der Waals surface area (Å²) in [5.41, 5.74) is 1.12. The Morgan fingerprint density at radius 2 is 1.90 bits per heavy atom. The number of hydrogen-bond acceptors (Lipinski definition) is 4. The molecule has 0 bridgehead atoms. The summed E-state index contributed by atoms with van der Waals surface area (Å²) in [6, 6.07) is 7.69. The van der Waals surface area contributed by atoms with E-state index in [2.05, 4.69) is 12.2 Å². The van der Waals surface area contributed by atoms with Gasteiger partial charge in [0.2, 0.25) is 0 Å². The van der Waals surface area contributed by atoms with Crippen LogP contribution in [-0.4, -0.2) is 25.7 Å². The van der Waals surface area contributed by atoms with E-state index in [-0.39, 0.29) is 18.1 Å². The van der Waals surface area contributed by atoms with Crippen LogP contribution in [0.1, 0.15) is 45.2 Å². The summed E-state index contributed by atoms with van der Waals surface area (Å²) in [6.07, 6.45) is 1.71. The van der Waals surface area contributed by atoms with Crippen LogP contribution in [0.5, 0.6) is 5.75 Å². The molecule has 0 radical (unpaired) electrons. The summed E-state index contributed by atoms with van der Waals surface area (Å²) in [7, 11) is 1.65. The van der Waals surface area contributed by atoms with Gasteiger partial charge in [0.1, 0.15) is 11.8 Å². The highest BCUT2D eigenvalue weighted by Gasteiger charge is 2.21. The Hall–Kier alpha value is -1.55. The van der Waals surface area contributed by atoms with Crippen LogP contribution in [0.4, 0.5) is 0 Å². The number of hydrogen-bond donors (Lipinski definition) is 1. The maximum atomic E-state index is 11.9. The molecule has 2 unspecified atom stereocenters. The molecule has 0 aromatic heterocycles. The third kappa shape index (κ3) is 4.85. The molecule has 112 valence electrons. The van der Waals surface area contributed by atoms with Gasteiger partial charge in [-0.2, -0.15) is 0 Å². The predicted molar refractivity (Wildman–Crippen MR) is 79.9 cm³/mol. The van der Waals surface area contributed by atoms with Gasteiger partial charge >= 0.3 is 5.97 Å². The molecule has 0 fully saturated rings. The first kappa shape index (κ1) is 16.5. The van der Waals surface area contributed by atoms with Crippen LogP contribution >= 0.6 is 0 Å². The highest BCUT2D eigenvalue weighted by atomic mass is 16.5. The van der Waals surface area contributed by atoms with Crippen molar-refractivity contribution >= 4 is 5.97 Å². The summed E-state index contributed by atoms with van der Waals surface area (Å²) in [6.45, 7) is 6.35. The minimum atomic E-state index is -0.253. The molecule has 1 aromatic carbocycles. The zero-order valence-corrected chi connectivity index (χ0v) is 12.8. The fourth-order valence-corrected chi connectivity index (χ4v) is 2.09. The Morgan fingerprint density at radius 1 is 1.25 bits per heavy atom. The Balaban J connectivity index is 2.68. The summed E-state index contributed by atoms with van der Waals surface area (Å²) in [4.78, 5) is 11.9. The number of benzene rings is 1. The smallest absolute Gasteiger partial charge is 0.323 e. The van der Waals surface area contributed by atoms with Gasteiger partial charge in [0.05, 0.1) is 13.7 Å². The maximum Gasteiger partial charge on any atom is 0.323 e. The molecule has 20 heavy (non-hydrogen) atoms. The molecular formula is C16H25NO3. The lowest BCUT2D eigenvalue weighted by Gasteiger charge is -2.22. The molecule has 1 aromatic rings. The van der Waals surface area contributed by atoms with Crippen LogP contribution in [0.25, 0.3) is 0 Å². The quantitative estimate of drug-likeness (QED) is 0.743. The first-order valence-electron chi connectivity index (χ1n) is 7.19. The fourth-order valence-electron chi connectivity index (χ4n) is 2.09. The van der Waals surface area contributed by atoms with Crippen molar-refractivity contribution in [2.24, 2.45) is 0 Å². The Morgan fingerprint density at radius 3 is 2.40 bits per heavy atom. The van der Waals surface area contributed by atoms with E-state index in [1.165, 1.54) is 0 Å². The lowest BCUT2D eigenvalue weighted by atomic mass is 10.1. The lowest BCUT2D eigenvalue weighted by molar-refractivity contribution is -0.146. The summed E-state index contributed by atoms with van der Waals surface area (Å²) in [5, 5.41) is 3.34. The Bertz CT molecular complexity index is 403. The largest absolute Gasteiger partial charge is 0.497 e. The molecule has 1 N–H and O–H groups in total. The standard InChI is InChI=1S/C16H25NO3/c1-5-7-15(16(18)20-6-2)17-12(3)13-8-10-14(19-4)11-9-13/h8-12,15,17H,5-7H2,1-4H3. The van der Waals surface area contributed by atoms with Crippen LogP contribution in [0.2, 0.25) is 0 Å². The Kier molecular flexibility index (Phi) is 7.09. The van der Waals surface area contributed by atoms with Gasteiger partial charge in [0, 0.05) is 6.04 Å². The van der Waals surface area contributed by atoms with E-state index >= 15 is 0 Å². The first-order chi connectivity index (χ1) is 9.62. The fraction of sp³-hybridized carbons (Fsp3) is 0.562. The van der Waals surface area contributed by atoms with Crippen LogP contribution in [0.3, 0.4) is 0 Å². The first-order valence-corrected chi connectivity index (χ1v) is 7.19. The highest BCUT2D eigenvalue weighted by molar-refractivity contribution is 5.75. The molecule has 2 atom stereocenters. The minimum Gasteiger partial charge on any atom is -0.497 e. The van der Waals surface area contributed by atoms with E-state index in [0.717, 1.165) is 24.2 Å². The van der Waals surface area contributed by atoms with E-state index < -0.39 is 0 Å². The van der Waals surface area contributed by atoms with E-state index in [4.69, 9.17) is 9.47 Å². The average Bonchev–Trinajstić information content (AvgIpc) is 2.47. The van der Waals surface area contributed by atoms with Crippen LogP contribution in [0.15, 0.2) is 24.3 Å². The summed E-state index contributed by atoms with van der Waals surface area (Å²) >= 11 is 0. The number of carbonyl (C=O) groups is 1. The van der Waals surface area contributed by atoms with Gasteiger partial charge in [-0.05, 0) is 38.0 Å². The van der Waals surface area contributed by atoms with E-state index in [1.54, 1.807) is 7.11 Å². The van der Waals surface area contributed by atoms with Crippen LogP contribution in [0, 0.1) is 0 Å². The summed E-state index contributed by atoms with van der Waals surface area (Å²) in [5.74, 6) is 0.658. The van der Waals surface area contributed by atoms with Gasteiger partial charge in [0.15, 0.2) is 0 Å². The van der Waals surface area contributed by atoms with Gasteiger partial charge in [-0.1, -0.05) is 25.5 Å². The van der Waals surface area contributed by atoms with Crippen molar-refractivity contribution < 1.29 is 14.3 Å². The summed E-state index contributed by atoms with van der Waals surface area (Å²) < 4.78 is 10.3. The molecule has 0 saturated heterocycles. The van der Waals surface area contributed by atoms with Crippen molar-refractivity contribution in [3.05, 3.63) is 29.8 Å². The van der Waals surface area contributed by atoms with Crippen molar-refractivity contribution in [1.82, 2.24) is 5.32 Å². The van der Waals surface area contributed by atoms with Crippen molar-refractivity contribution in [2.75, 3.05) is 13.7 Å². The molecule has 0 heterocycles. The molecule has 4 heteroatoms. The number of methoxy groups -OCH3 is 1. The normalized spacial score (nSPS) is 13.6. The molecule has 0 spiro atoms. The minimum absolute atomic E-state index is 0.0851. The second-order valence-electron chi connectivity index (χ2n) is 4.75. The zero-order valence-electron chi connectivity index (χ0n) is 12.8. The van der Waals surface area contributed by atoms with E-state index in [1.807, 2.05) is 38.1 Å². The molecule has 0 aliphatic heterocycles. The second kappa shape index (κ2) is 8.59. The van der Waals surface area contributed by atoms with Gasteiger partial charge in [-0.15, -0.1) is 0 Å². The Labute approximate surface area is 121 Å². The predicted octanol–water partition coefficient (Wildman–Crippen LogP) is 3.08. The van der Waals surface area contributed by atoms with Gasteiger partial charge in [0.25, 0.3) is 0 Å². The third-order valence-corrected chi connectivity index (χ3v) is 3.22. The van der Waals surface area contributed by atoms with Crippen molar-refractivity contribution in [2.45, 2.75) is 45.7 Å². The van der Waals surface area contributed by atoms with Gasteiger partial charge in [-0.3, -0.25) is 10.1 Å². The molecule has 0 aliphatic rings. The van der Waals surface area contributed by atoms with Crippen molar-refractivity contribution in [3.63, 3.8) is 0 Å². The number of rotatable bonds is 8. The zero-order chi connectivity index (χ0) is 15.0. The monoisotopic (exact) mass is 279 g/mol. The number of nitrogens with one attached hydrogen (secondary N) is 1. The maximum absolute atomic E-state index is 11.9. The molecule has 1 rings (SSSR count). The average molecular weight is 279 g/mol. The molecule has 0 aliphatic carbocycles. The lowest BCUT2D eigenvalue weighted by Crippen LogP contribution is -2.39. The highest BCUT2D eigenvalue weighted by Crippen LogP contribution is 2.18. The topological polar surface area (TPSA) is 47.6 Å². The van der Waals surface area contributed by atoms with Crippen LogP contribution < -0.4 is 10.1 Å². The van der Waals surface area contributed by atoms with Gasteiger partial charge in [-0.25, -0.2) is 0 Å². The number of ether oxygens (including phenoxy) is 2. The molecular weight excluding hydrogens is 254 g/mol. The van der Waals surface area contributed by atoms with Crippen LogP contribution in [-0.2, 0) is 9.53 Å². The third-order valence-electron chi connectivity index (χ3n) is 3.22. The van der Waals surface area contributed by atoms with E-state index in [9.17, 15) is 4.79 Å².